The van der Waals surface area contributed by atoms with Crippen LogP contribution >= 0.6 is 11.3 Å². The maximum Gasteiger partial charge on any atom is 0.259 e. The summed E-state index contributed by atoms with van der Waals surface area (Å²) in [6.45, 7) is 0.369. The molecule has 6 heteroatoms. The molecule has 3 heterocycles. The van der Waals surface area contributed by atoms with Gasteiger partial charge in [0.15, 0.2) is 0 Å². The van der Waals surface area contributed by atoms with Gasteiger partial charge in [-0.05, 0) is 17.2 Å². The summed E-state index contributed by atoms with van der Waals surface area (Å²) >= 11 is 1.45. The Hall–Kier alpha value is -3.77. The molecule has 2 aromatic carbocycles. The van der Waals surface area contributed by atoms with E-state index in [1.54, 1.807) is 22.3 Å². The maximum absolute atomic E-state index is 13.7. The number of rotatable bonds is 4. The van der Waals surface area contributed by atoms with Gasteiger partial charge in [-0.1, -0.05) is 60.7 Å². The van der Waals surface area contributed by atoms with E-state index in [-0.39, 0.29) is 11.3 Å². The van der Waals surface area contributed by atoms with E-state index in [9.17, 15) is 9.90 Å². The van der Waals surface area contributed by atoms with Crippen LogP contribution < -0.4 is 5.56 Å². The molecule has 5 nitrogen and oxygen atoms in total. The molecule has 3 aromatic heterocycles. The van der Waals surface area contributed by atoms with Crippen molar-refractivity contribution in [3.63, 3.8) is 0 Å². The van der Waals surface area contributed by atoms with Gasteiger partial charge in [-0.2, -0.15) is 0 Å². The Labute approximate surface area is 176 Å². The first-order valence-corrected chi connectivity index (χ1v) is 10.3. The van der Waals surface area contributed by atoms with E-state index in [0.717, 1.165) is 16.0 Å². The van der Waals surface area contributed by atoms with Crippen LogP contribution in [0.3, 0.4) is 0 Å². The normalized spacial score (nSPS) is 11.1. The minimum absolute atomic E-state index is 0.0391. The van der Waals surface area contributed by atoms with Crippen LogP contribution in [0.25, 0.3) is 32.6 Å². The summed E-state index contributed by atoms with van der Waals surface area (Å²) in [5, 5.41) is 11.2. The van der Waals surface area contributed by atoms with Crippen LogP contribution in [0.15, 0.2) is 89.4 Å². The first kappa shape index (κ1) is 18.3. The van der Waals surface area contributed by atoms with Crippen LogP contribution in [0.4, 0.5) is 0 Å². The van der Waals surface area contributed by atoms with Gasteiger partial charge in [-0.25, -0.2) is 4.98 Å². The molecule has 0 bridgehead atoms. The molecule has 0 unspecified atom stereocenters. The third kappa shape index (κ3) is 3.17. The van der Waals surface area contributed by atoms with Gasteiger partial charge in [0.05, 0.1) is 28.6 Å². The van der Waals surface area contributed by atoms with E-state index >= 15 is 0 Å². The Kier molecular flexibility index (Phi) is 4.61. The van der Waals surface area contributed by atoms with Crippen molar-refractivity contribution >= 4 is 22.2 Å². The van der Waals surface area contributed by atoms with Gasteiger partial charge in [0.1, 0.15) is 11.4 Å². The minimum Gasteiger partial charge on any atom is -0.506 e. The summed E-state index contributed by atoms with van der Waals surface area (Å²) in [4.78, 5) is 23.1. The lowest BCUT2D eigenvalue weighted by Crippen LogP contribution is -2.23. The van der Waals surface area contributed by atoms with Crippen molar-refractivity contribution in [2.24, 2.45) is 0 Å². The molecule has 146 valence electrons. The molecule has 0 amide bonds. The number of hydrogen-bond acceptors (Lipinski definition) is 5. The smallest absolute Gasteiger partial charge is 0.259 e. The van der Waals surface area contributed by atoms with Crippen LogP contribution in [-0.2, 0) is 6.54 Å². The molecular formula is C24H17N3O2S. The quantitative estimate of drug-likeness (QED) is 0.455. The van der Waals surface area contributed by atoms with Crippen LogP contribution in [0.1, 0.15) is 5.56 Å². The molecule has 0 aliphatic rings. The number of fused-ring (bicyclic) bond motifs is 1. The average molecular weight is 411 g/mol. The van der Waals surface area contributed by atoms with Gasteiger partial charge in [0.25, 0.3) is 5.56 Å². The first-order valence-electron chi connectivity index (χ1n) is 9.46. The largest absolute Gasteiger partial charge is 0.506 e. The van der Waals surface area contributed by atoms with E-state index in [4.69, 9.17) is 0 Å². The Morgan fingerprint density at radius 3 is 2.40 bits per heavy atom. The van der Waals surface area contributed by atoms with E-state index < -0.39 is 0 Å². The first-order chi connectivity index (χ1) is 14.7. The summed E-state index contributed by atoms with van der Waals surface area (Å²) in [6, 6.07) is 21.1. The topological polar surface area (TPSA) is 68.0 Å². The number of hydrogen-bond donors (Lipinski definition) is 1. The highest BCUT2D eigenvalue weighted by Crippen LogP contribution is 2.35. The van der Waals surface area contributed by atoms with Crippen molar-refractivity contribution in [1.82, 2.24) is 14.5 Å². The second-order valence-electron chi connectivity index (χ2n) is 6.92. The lowest BCUT2D eigenvalue weighted by molar-refractivity contribution is 0.479. The number of aromatic nitrogens is 3. The number of thiazole rings is 1. The fourth-order valence-corrected chi connectivity index (χ4v) is 4.25. The third-order valence-electron chi connectivity index (χ3n) is 5.04. The summed E-state index contributed by atoms with van der Waals surface area (Å²) in [5.41, 5.74) is 5.18. The fraction of sp³-hybridized carbons (Fsp3) is 0.0417. The average Bonchev–Trinajstić information content (AvgIpc) is 3.32. The number of benzene rings is 2. The van der Waals surface area contributed by atoms with Crippen LogP contribution in [0.2, 0.25) is 0 Å². The molecule has 1 N–H and O–H groups in total. The van der Waals surface area contributed by atoms with Crippen molar-refractivity contribution < 1.29 is 5.11 Å². The molecule has 0 radical (unpaired) electrons. The van der Waals surface area contributed by atoms with Gasteiger partial charge in [-0.3, -0.25) is 9.78 Å². The monoisotopic (exact) mass is 411 g/mol. The molecule has 30 heavy (non-hydrogen) atoms. The zero-order chi connectivity index (χ0) is 20.5. The Bertz CT molecular complexity index is 1380. The Morgan fingerprint density at radius 2 is 1.70 bits per heavy atom. The summed E-state index contributed by atoms with van der Waals surface area (Å²) in [5.74, 6) is 0.0391. The summed E-state index contributed by atoms with van der Waals surface area (Å²) < 4.78 is 1.70. The molecular weight excluding hydrogens is 394 g/mol. The molecule has 0 aliphatic heterocycles. The lowest BCUT2D eigenvalue weighted by atomic mass is 10.0. The zero-order valence-corrected chi connectivity index (χ0v) is 16.7. The van der Waals surface area contributed by atoms with Crippen LogP contribution in [0.5, 0.6) is 5.75 Å². The van der Waals surface area contributed by atoms with Gasteiger partial charge in [0, 0.05) is 17.1 Å². The molecule has 0 spiro atoms. The highest BCUT2D eigenvalue weighted by atomic mass is 32.1. The second-order valence-corrected chi connectivity index (χ2v) is 7.81. The standard InChI is InChI=1S/C24H17N3O2S/c28-20-12-26-22(21-13-25-15-30-21)23-19(20)11-18(17-9-5-2-6-10-17)24(29)27(23)14-16-7-3-1-4-8-16/h1-13,15,28H,14H2. The van der Waals surface area contributed by atoms with E-state index in [0.29, 0.717) is 28.7 Å². The van der Waals surface area contributed by atoms with Gasteiger partial charge >= 0.3 is 0 Å². The molecule has 5 rings (SSSR count). The van der Waals surface area contributed by atoms with Crippen molar-refractivity contribution in [2.75, 3.05) is 0 Å². The van der Waals surface area contributed by atoms with Gasteiger partial charge < -0.3 is 9.67 Å². The van der Waals surface area contributed by atoms with Crippen LogP contribution in [0, 0.1) is 0 Å². The van der Waals surface area contributed by atoms with E-state index in [2.05, 4.69) is 9.97 Å². The molecule has 0 aliphatic carbocycles. The lowest BCUT2D eigenvalue weighted by Gasteiger charge is -2.16. The Morgan fingerprint density at radius 1 is 0.967 bits per heavy atom. The minimum atomic E-state index is -0.129. The van der Waals surface area contributed by atoms with Gasteiger partial charge in [-0.15, -0.1) is 11.3 Å². The highest BCUT2D eigenvalue weighted by Gasteiger charge is 2.19. The van der Waals surface area contributed by atoms with Crippen molar-refractivity contribution in [2.45, 2.75) is 6.54 Å². The van der Waals surface area contributed by atoms with Crippen molar-refractivity contribution in [3.8, 4) is 27.4 Å². The summed E-state index contributed by atoms with van der Waals surface area (Å²) in [7, 11) is 0. The molecule has 0 saturated heterocycles. The molecule has 0 fully saturated rings. The fourth-order valence-electron chi connectivity index (χ4n) is 3.63. The highest BCUT2D eigenvalue weighted by molar-refractivity contribution is 7.13. The molecule has 5 aromatic rings. The zero-order valence-electron chi connectivity index (χ0n) is 15.9. The summed E-state index contributed by atoms with van der Waals surface area (Å²) in [6.07, 6.45) is 3.16. The number of nitrogens with zero attached hydrogens (tertiary/aromatic N) is 3. The SMILES string of the molecule is O=c1c(-c2ccccc2)cc2c(O)cnc(-c3cncs3)c2n1Cc1ccccc1. The third-order valence-corrected chi connectivity index (χ3v) is 5.82. The number of aromatic hydroxyl groups is 1. The van der Waals surface area contributed by atoms with Crippen molar-refractivity contribution in [1.29, 1.82) is 0 Å². The Balaban J connectivity index is 1.88. The molecule has 0 atom stereocenters. The second kappa shape index (κ2) is 7.57. The van der Waals surface area contributed by atoms with Gasteiger partial charge in [0.2, 0.25) is 0 Å². The molecule has 0 saturated carbocycles. The van der Waals surface area contributed by atoms with Crippen molar-refractivity contribution in [3.05, 3.63) is 101 Å². The van der Waals surface area contributed by atoms with E-state index in [1.165, 1.54) is 17.5 Å². The predicted octanol–water partition coefficient (Wildman–Crippen LogP) is 4.94. The predicted molar refractivity (Wildman–Crippen MR) is 120 cm³/mol. The van der Waals surface area contributed by atoms with Crippen LogP contribution in [-0.4, -0.2) is 19.6 Å². The van der Waals surface area contributed by atoms with E-state index in [1.807, 2.05) is 60.7 Å². The number of pyridine rings is 2. The maximum atomic E-state index is 13.7.